The number of aryl methyl sites for hydroxylation is 2. The molecule has 1 atom stereocenters. The zero-order valence-electron chi connectivity index (χ0n) is 13.0. The molecule has 0 spiro atoms. The van der Waals surface area contributed by atoms with Gasteiger partial charge in [0.25, 0.3) is 0 Å². The molecule has 22 heavy (non-hydrogen) atoms. The van der Waals surface area contributed by atoms with Crippen LogP contribution in [0.25, 0.3) is 0 Å². The van der Waals surface area contributed by atoms with Crippen LogP contribution in [0.3, 0.4) is 0 Å². The van der Waals surface area contributed by atoms with E-state index in [-0.39, 0.29) is 11.6 Å². The molecular formula is C14H19N5O3. The van der Waals surface area contributed by atoms with E-state index in [1.54, 1.807) is 11.6 Å². The largest absolute Gasteiger partial charge is 0.477 e. The molecule has 2 heterocycles. The Kier molecular flexibility index (Phi) is 4.30. The van der Waals surface area contributed by atoms with Crippen LogP contribution in [0, 0.1) is 13.8 Å². The number of nitrogens with one attached hydrogen (secondary N) is 1. The molecule has 2 rings (SSSR count). The monoisotopic (exact) mass is 305 g/mol. The molecular weight excluding hydrogens is 286 g/mol. The first-order chi connectivity index (χ1) is 10.3. The van der Waals surface area contributed by atoms with Crippen molar-refractivity contribution in [1.29, 1.82) is 0 Å². The smallest absolute Gasteiger partial charge is 0.354 e. The van der Waals surface area contributed by atoms with Crippen LogP contribution in [0.4, 0.5) is 0 Å². The highest BCUT2D eigenvalue weighted by Gasteiger charge is 2.21. The summed E-state index contributed by atoms with van der Waals surface area (Å²) in [6, 6.07) is 0.653. The van der Waals surface area contributed by atoms with Gasteiger partial charge in [0.2, 0.25) is 5.91 Å². The average molecular weight is 305 g/mol. The molecule has 0 saturated carbocycles. The van der Waals surface area contributed by atoms with Crippen molar-refractivity contribution in [3.05, 3.63) is 34.9 Å². The van der Waals surface area contributed by atoms with Crippen molar-refractivity contribution >= 4 is 11.9 Å². The van der Waals surface area contributed by atoms with E-state index in [0.717, 1.165) is 17.0 Å². The van der Waals surface area contributed by atoms with E-state index >= 15 is 0 Å². The number of hydrogen-bond acceptors (Lipinski definition) is 4. The first-order valence-electron chi connectivity index (χ1n) is 6.86. The van der Waals surface area contributed by atoms with Gasteiger partial charge >= 0.3 is 5.97 Å². The molecule has 1 amide bonds. The maximum atomic E-state index is 12.2. The summed E-state index contributed by atoms with van der Waals surface area (Å²) >= 11 is 0. The van der Waals surface area contributed by atoms with E-state index in [1.165, 1.54) is 16.9 Å². The second-order valence-corrected chi connectivity index (χ2v) is 5.13. The summed E-state index contributed by atoms with van der Waals surface area (Å²) in [7, 11) is 1.85. The van der Waals surface area contributed by atoms with E-state index in [0.29, 0.717) is 6.54 Å². The molecule has 2 aromatic heterocycles. The number of rotatable bonds is 5. The minimum atomic E-state index is -1.11. The minimum Gasteiger partial charge on any atom is -0.477 e. The molecule has 118 valence electrons. The van der Waals surface area contributed by atoms with Crippen LogP contribution in [0.2, 0.25) is 0 Å². The number of carboxylic acids is 1. The molecule has 0 saturated heterocycles. The van der Waals surface area contributed by atoms with Crippen LogP contribution in [0.5, 0.6) is 0 Å². The normalized spacial score (nSPS) is 12.2. The first-order valence-corrected chi connectivity index (χ1v) is 6.86. The highest BCUT2D eigenvalue weighted by Crippen LogP contribution is 2.13. The van der Waals surface area contributed by atoms with Crippen molar-refractivity contribution in [3.63, 3.8) is 0 Å². The lowest BCUT2D eigenvalue weighted by atomic mass is 10.2. The third-order valence-corrected chi connectivity index (χ3v) is 3.73. The zero-order valence-corrected chi connectivity index (χ0v) is 13.0. The van der Waals surface area contributed by atoms with Gasteiger partial charge in [0, 0.05) is 31.0 Å². The summed E-state index contributed by atoms with van der Waals surface area (Å²) < 4.78 is 2.96. The zero-order chi connectivity index (χ0) is 16.4. The van der Waals surface area contributed by atoms with Gasteiger partial charge in [-0.3, -0.25) is 9.48 Å². The van der Waals surface area contributed by atoms with Gasteiger partial charge < -0.3 is 10.4 Å². The molecule has 2 aromatic rings. The molecule has 8 heteroatoms. The summed E-state index contributed by atoms with van der Waals surface area (Å²) in [5.41, 5.74) is 2.78. The third-order valence-electron chi connectivity index (χ3n) is 3.73. The van der Waals surface area contributed by atoms with Crippen LogP contribution in [0.15, 0.2) is 12.3 Å². The van der Waals surface area contributed by atoms with Gasteiger partial charge in [-0.2, -0.15) is 10.2 Å². The van der Waals surface area contributed by atoms with Crippen molar-refractivity contribution in [2.75, 3.05) is 0 Å². The molecule has 0 aliphatic heterocycles. The minimum absolute atomic E-state index is 0.0172. The maximum absolute atomic E-state index is 12.2. The standard InChI is InChI=1S/C14H19N5O3/c1-8-11(9(2)18(4)17-8)7-15-13(20)10(3)19-12(14(21)22)5-6-16-19/h5-6,10H,7H2,1-4H3,(H,15,20)(H,21,22). The van der Waals surface area contributed by atoms with E-state index in [4.69, 9.17) is 5.11 Å². The highest BCUT2D eigenvalue weighted by molar-refractivity contribution is 5.87. The summed E-state index contributed by atoms with van der Waals surface area (Å²) in [6.45, 7) is 5.77. The molecule has 0 aliphatic rings. The van der Waals surface area contributed by atoms with Crippen LogP contribution >= 0.6 is 0 Å². The van der Waals surface area contributed by atoms with Crippen molar-refractivity contribution < 1.29 is 14.7 Å². The van der Waals surface area contributed by atoms with Crippen LogP contribution < -0.4 is 5.32 Å². The van der Waals surface area contributed by atoms with Crippen molar-refractivity contribution in [1.82, 2.24) is 24.9 Å². The summed E-state index contributed by atoms with van der Waals surface area (Å²) in [5.74, 6) is -1.41. The quantitative estimate of drug-likeness (QED) is 0.851. The summed E-state index contributed by atoms with van der Waals surface area (Å²) in [5, 5.41) is 20.1. The highest BCUT2D eigenvalue weighted by atomic mass is 16.4. The van der Waals surface area contributed by atoms with Gasteiger partial charge in [0.1, 0.15) is 11.7 Å². The van der Waals surface area contributed by atoms with E-state index in [1.807, 2.05) is 20.9 Å². The lowest BCUT2D eigenvalue weighted by Crippen LogP contribution is -2.32. The Morgan fingerprint density at radius 1 is 1.41 bits per heavy atom. The Morgan fingerprint density at radius 3 is 2.64 bits per heavy atom. The Morgan fingerprint density at radius 2 is 2.09 bits per heavy atom. The van der Waals surface area contributed by atoms with Gasteiger partial charge in [-0.1, -0.05) is 0 Å². The Labute approximate surface area is 127 Å². The van der Waals surface area contributed by atoms with Crippen molar-refractivity contribution in [3.8, 4) is 0 Å². The molecule has 0 aliphatic carbocycles. The second kappa shape index (κ2) is 6.00. The summed E-state index contributed by atoms with van der Waals surface area (Å²) in [6.07, 6.45) is 1.36. The van der Waals surface area contributed by atoms with E-state index < -0.39 is 12.0 Å². The van der Waals surface area contributed by atoms with E-state index in [9.17, 15) is 9.59 Å². The number of amides is 1. The molecule has 0 fully saturated rings. The van der Waals surface area contributed by atoms with Crippen molar-refractivity contribution in [2.45, 2.75) is 33.4 Å². The average Bonchev–Trinajstić information content (AvgIpc) is 3.03. The number of aromatic carboxylic acids is 1. The SMILES string of the molecule is Cc1nn(C)c(C)c1CNC(=O)C(C)n1nccc1C(=O)O. The van der Waals surface area contributed by atoms with Gasteiger partial charge in [-0.15, -0.1) is 0 Å². The topological polar surface area (TPSA) is 102 Å². The fraction of sp³-hybridized carbons (Fsp3) is 0.429. The summed E-state index contributed by atoms with van der Waals surface area (Å²) in [4.78, 5) is 23.3. The fourth-order valence-corrected chi connectivity index (χ4v) is 2.30. The number of carbonyl (C=O) groups excluding carboxylic acids is 1. The van der Waals surface area contributed by atoms with Gasteiger partial charge in [0.05, 0.1) is 5.69 Å². The number of nitrogens with zero attached hydrogens (tertiary/aromatic N) is 4. The lowest BCUT2D eigenvalue weighted by molar-refractivity contribution is -0.124. The van der Waals surface area contributed by atoms with Crippen molar-refractivity contribution in [2.24, 2.45) is 7.05 Å². The molecule has 1 unspecified atom stereocenters. The van der Waals surface area contributed by atoms with Crippen LogP contribution in [0.1, 0.15) is 40.4 Å². The Hall–Kier alpha value is -2.64. The number of aromatic nitrogens is 4. The first kappa shape index (κ1) is 15.7. The molecule has 2 N–H and O–H groups in total. The number of carbonyl (C=O) groups is 2. The fourth-order valence-electron chi connectivity index (χ4n) is 2.30. The second-order valence-electron chi connectivity index (χ2n) is 5.13. The number of hydrogen-bond donors (Lipinski definition) is 2. The van der Waals surface area contributed by atoms with Crippen LogP contribution in [-0.4, -0.2) is 36.5 Å². The Balaban J connectivity index is 2.09. The predicted octanol–water partition coefficient (Wildman–Crippen LogP) is 0.809. The van der Waals surface area contributed by atoms with Gasteiger partial charge in [0.15, 0.2) is 0 Å². The molecule has 0 aromatic carbocycles. The van der Waals surface area contributed by atoms with Crippen LogP contribution in [-0.2, 0) is 18.4 Å². The third kappa shape index (κ3) is 2.85. The van der Waals surface area contributed by atoms with Gasteiger partial charge in [-0.05, 0) is 26.8 Å². The lowest BCUT2D eigenvalue weighted by Gasteiger charge is -2.14. The van der Waals surface area contributed by atoms with E-state index in [2.05, 4.69) is 15.5 Å². The molecule has 8 nitrogen and oxygen atoms in total. The molecule has 0 bridgehead atoms. The Bertz CT molecular complexity index is 716. The number of carboxylic acid groups (broad SMARTS) is 1. The predicted molar refractivity (Wildman–Crippen MR) is 78.4 cm³/mol. The van der Waals surface area contributed by atoms with Gasteiger partial charge in [-0.25, -0.2) is 9.48 Å². The molecule has 0 radical (unpaired) electrons. The maximum Gasteiger partial charge on any atom is 0.354 e.